The molecule has 0 spiro atoms. The second-order valence-corrected chi connectivity index (χ2v) is 4.90. The van der Waals surface area contributed by atoms with E-state index >= 15 is 0 Å². The van der Waals surface area contributed by atoms with Gasteiger partial charge in [-0.25, -0.2) is 0 Å². The van der Waals surface area contributed by atoms with Crippen molar-refractivity contribution in [3.05, 3.63) is 33.3 Å². The van der Waals surface area contributed by atoms with E-state index in [9.17, 15) is 0 Å². The molecule has 0 bridgehead atoms. The Labute approximate surface area is 110 Å². The third kappa shape index (κ3) is 4.06. The van der Waals surface area contributed by atoms with E-state index in [1.54, 1.807) is 7.11 Å². The normalized spacial score (nSPS) is 12.8. The Morgan fingerprint density at radius 2 is 2.25 bits per heavy atom. The Kier molecular flexibility index (Phi) is 6.36. The van der Waals surface area contributed by atoms with E-state index in [2.05, 4.69) is 28.2 Å². The number of benzene rings is 1. The summed E-state index contributed by atoms with van der Waals surface area (Å²) in [5.74, 6) is 0. The van der Waals surface area contributed by atoms with Gasteiger partial charge < -0.3 is 10.1 Å². The second kappa shape index (κ2) is 7.28. The Morgan fingerprint density at radius 3 is 2.81 bits per heavy atom. The molecule has 0 aliphatic heterocycles. The summed E-state index contributed by atoms with van der Waals surface area (Å²) < 4.78 is 6.14. The van der Waals surface area contributed by atoms with Gasteiger partial charge in [-0.3, -0.25) is 0 Å². The maximum Gasteiger partial charge on any atom is 0.0657 e. The molecule has 0 saturated carbocycles. The van der Waals surface area contributed by atoms with Gasteiger partial charge in [0.25, 0.3) is 0 Å². The topological polar surface area (TPSA) is 21.3 Å². The van der Waals surface area contributed by atoms with Crippen LogP contribution in [0.3, 0.4) is 0 Å². The van der Waals surface area contributed by atoms with Crippen LogP contribution in [0.1, 0.15) is 24.9 Å². The van der Waals surface area contributed by atoms with Crippen molar-refractivity contribution in [2.75, 3.05) is 20.3 Å². The zero-order chi connectivity index (χ0) is 12.0. The minimum Gasteiger partial charge on any atom is -0.383 e. The number of nitrogens with one attached hydrogen (secondary N) is 1. The van der Waals surface area contributed by atoms with E-state index in [1.807, 2.05) is 18.2 Å². The summed E-state index contributed by atoms with van der Waals surface area (Å²) >= 11 is 9.40. The van der Waals surface area contributed by atoms with Gasteiger partial charge >= 0.3 is 0 Å². The number of hydrogen-bond acceptors (Lipinski definition) is 2. The lowest BCUT2D eigenvalue weighted by atomic mass is 10.1. The van der Waals surface area contributed by atoms with Crippen molar-refractivity contribution < 1.29 is 4.74 Å². The van der Waals surface area contributed by atoms with Crippen LogP contribution in [0, 0.1) is 0 Å². The highest BCUT2D eigenvalue weighted by atomic mass is 79.9. The Morgan fingerprint density at radius 1 is 1.50 bits per heavy atom. The van der Waals surface area contributed by atoms with Gasteiger partial charge in [-0.15, -0.1) is 0 Å². The third-order valence-corrected chi connectivity index (χ3v) is 3.53. The quantitative estimate of drug-likeness (QED) is 0.863. The summed E-state index contributed by atoms with van der Waals surface area (Å²) in [5, 5.41) is 4.18. The molecule has 1 unspecified atom stereocenters. The molecule has 1 N–H and O–H groups in total. The van der Waals surface area contributed by atoms with E-state index in [0.29, 0.717) is 6.61 Å². The molecule has 0 radical (unpaired) electrons. The van der Waals surface area contributed by atoms with Crippen molar-refractivity contribution in [1.29, 1.82) is 0 Å². The van der Waals surface area contributed by atoms with Crippen molar-refractivity contribution in [3.8, 4) is 0 Å². The first kappa shape index (κ1) is 14.0. The predicted octanol–water partition coefficient (Wildman–Crippen LogP) is 3.79. The fourth-order valence-corrected chi connectivity index (χ4v) is 2.00. The van der Waals surface area contributed by atoms with Crippen LogP contribution < -0.4 is 5.32 Å². The first-order valence-electron chi connectivity index (χ1n) is 5.36. The number of rotatable bonds is 6. The summed E-state index contributed by atoms with van der Waals surface area (Å²) in [7, 11) is 1.71. The Hall–Kier alpha value is -0.0900. The molecule has 0 fully saturated rings. The lowest BCUT2D eigenvalue weighted by molar-refractivity contribution is 0.167. The summed E-state index contributed by atoms with van der Waals surface area (Å²) in [6, 6.07) is 6.18. The van der Waals surface area contributed by atoms with Crippen LogP contribution >= 0.6 is 27.5 Å². The molecule has 0 amide bonds. The van der Waals surface area contributed by atoms with Crippen molar-refractivity contribution in [2.24, 2.45) is 0 Å². The monoisotopic (exact) mass is 305 g/mol. The van der Waals surface area contributed by atoms with Gasteiger partial charge in [-0.2, -0.15) is 0 Å². The zero-order valence-electron chi connectivity index (χ0n) is 9.59. The molecule has 1 atom stereocenters. The molecule has 0 heterocycles. The van der Waals surface area contributed by atoms with E-state index in [4.69, 9.17) is 16.3 Å². The average molecular weight is 307 g/mol. The van der Waals surface area contributed by atoms with Crippen LogP contribution in [0.4, 0.5) is 0 Å². The fraction of sp³-hybridized carbons (Fsp3) is 0.500. The van der Waals surface area contributed by atoms with Gasteiger partial charge in [0.15, 0.2) is 0 Å². The Balaban J connectivity index is 2.78. The van der Waals surface area contributed by atoms with Gasteiger partial charge in [0.05, 0.1) is 17.7 Å². The zero-order valence-corrected chi connectivity index (χ0v) is 11.9. The highest BCUT2D eigenvalue weighted by Gasteiger charge is 2.11. The second-order valence-electron chi connectivity index (χ2n) is 3.64. The lowest BCUT2D eigenvalue weighted by Crippen LogP contribution is -2.25. The predicted molar refractivity (Wildman–Crippen MR) is 72.1 cm³/mol. The van der Waals surface area contributed by atoms with E-state index in [0.717, 1.165) is 22.5 Å². The molecule has 0 aliphatic rings. The molecule has 90 valence electrons. The van der Waals surface area contributed by atoms with Crippen molar-refractivity contribution in [1.82, 2.24) is 5.32 Å². The van der Waals surface area contributed by atoms with Gasteiger partial charge in [-0.05, 0) is 46.6 Å². The SMILES string of the molecule is CCCNC(COC)c1ccc(Cl)c(Br)c1. The van der Waals surface area contributed by atoms with E-state index < -0.39 is 0 Å². The van der Waals surface area contributed by atoms with Crippen molar-refractivity contribution in [3.63, 3.8) is 0 Å². The van der Waals surface area contributed by atoms with Crippen LogP contribution in [0.25, 0.3) is 0 Å². The average Bonchev–Trinajstić information content (AvgIpc) is 2.28. The molecule has 16 heavy (non-hydrogen) atoms. The number of hydrogen-bond donors (Lipinski definition) is 1. The Bertz CT molecular complexity index is 333. The van der Waals surface area contributed by atoms with Crippen LogP contribution in [0.2, 0.25) is 5.02 Å². The largest absolute Gasteiger partial charge is 0.383 e. The molecule has 1 aromatic carbocycles. The molecule has 1 aromatic rings. The minimum absolute atomic E-state index is 0.221. The number of halogens is 2. The molecule has 0 aliphatic carbocycles. The van der Waals surface area contributed by atoms with E-state index in [-0.39, 0.29) is 6.04 Å². The molecular formula is C12H17BrClNO. The highest BCUT2D eigenvalue weighted by Crippen LogP contribution is 2.26. The summed E-state index contributed by atoms with van der Waals surface area (Å²) in [6.07, 6.45) is 1.11. The van der Waals surface area contributed by atoms with Gasteiger partial charge in [-0.1, -0.05) is 24.6 Å². The molecule has 0 aromatic heterocycles. The lowest BCUT2D eigenvalue weighted by Gasteiger charge is -2.18. The summed E-state index contributed by atoms with van der Waals surface area (Å²) in [5.41, 5.74) is 1.19. The number of ether oxygens (including phenoxy) is 1. The van der Waals surface area contributed by atoms with Gasteiger partial charge in [0, 0.05) is 11.6 Å². The third-order valence-electron chi connectivity index (χ3n) is 2.32. The maximum absolute atomic E-state index is 5.97. The first-order valence-corrected chi connectivity index (χ1v) is 6.53. The van der Waals surface area contributed by atoms with E-state index in [1.165, 1.54) is 5.56 Å². The van der Waals surface area contributed by atoms with Gasteiger partial charge in [0.1, 0.15) is 0 Å². The van der Waals surface area contributed by atoms with Gasteiger partial charge in [0.2, 0.25) is 0 Å². The summed E-state index contributed by atoms with van der Waals surface area (Å²) in [4.78, 5) is 0. The molecule has 0 saturated heterocycles. The van der Waals surface area contributed by atoms with Crippen molar-refractivity contribution in [2.45, 2.75) is 19.4 Å². The summed E-state index contributed by atoms with van der Waals surface area (Å²) in [6.45, 7) is 3.79. The fourth-order valence-electron chi connectivity index (χ4n) is 1.49. The van der Waals surface area contributed by atoms with Crippen LogP contribution in [-0.2, 0) is 4.74 Å². The molecule has 1 rings (SSSR count). The maximum atomic E-state index is 5.97. The standard InChI is InChI=1S/C12H17BrClNO/c1-3-6-15-12(8-16-2)9-4-5-11(14)10(13)7-9/h4-5,7,12,15H,3,6,8H2,1-2H3. The molecule has 2 nitrogen and oxygen atoms in total. The highest BCUT2D eigenvalue weighted by molar-refractivity contribution is 9.10. The first-order chi connectivity index (χ1) is 7.69. The molecular weight excluding hydrogens is 289 g/mol. The van der Waals surface area contributed by atoms with Crippen LogP contribution in [0.15, 0.2) is 22.7 Å². The molecule has 4 heteroatoms. The smallest absolute Gasteiger partial charge is 0.0657 e. The van der Waals surface area contributed by atoms with Crippen molar-refractivity contribution >= 4 is 27.5 Å². The number of methoxy groups -OCH3 is 1. The van der Waals surface area contributed by atoms with Crippen LogP contribution in [0.5, 0.6) is 0 Å². The van der Waals surface area contributed by atoms with Crippen LogP contribution in [-0.4, -0.2) is 20.3 Å². The minimum atomic E-state index is 0.221.